The fourth-order valence-electron chi connectivity index (χ4n) is 2.18. The Hall–Kier alpha value is -2.32. The highest BCUT2D eigenvalue weighted by Gasteiger charge is 2.30. The third-order valence-corrected chi connectivity index (χ3v) is 3.24. The van der Waals surface area contributed by atoms with E-state index in [1.165, 1.54) is 0 Å². The summed E-state index contributed by atoms with van der Waals surface area (Å²) in [5, 5.41) is 2.41. The Morgan fingerprint density at radius 3 is 1.74 bits per heavy atom. The zero-order valence-electron chi connectivity index (χ0n) is 21.0. The summed E-state index contributed by atoms with van der Waals surface area (Å²) in [5.41, 5.74) is -2.36. The number of nitrogens with one attached hydrogen (secondary N) is 1. The van der Waals surface area contributed by atoms with Gasteiger partial charge in [0.05, 0.1) is 0 Å². The summed E-state index contributed by atoms with van der Waals surface area (Å²) in [6.07, 6.45) is -1.11. The molecule has 0 spiro atoms. The van der Waals surface area contributed by atoms with Gasteiger partial charge >= 0.3 is 18.3 Å². The van der Waals surface area contributed by atoms with Crippen molar-refractivity contribution in [2.75, 3.05) is 6.54 Å². The van der Waals surface area contributed by atoms with E-state index >= 15 is 0 Å². The Kier molecular flexibility index (Phi) is 10.5. The molecule has 0 aromatic carbocycles. The van der Waals surface area contributed by atoms with Crippen LogP contribution in [-0.4, -0.2) is 52.5 Å². The number of aliphatic imine (C=N–C) groups is 1. The van der Waals surface area contributed by atoms with Gasteiger partial charge in [0.1, 0.15) is 16.8 Å². The first kappa shape index (κ1) is 28.7. The predicted octanol–water partition coefficient (Wildman–Crippen LogP) is 5.48. The summed E-state index contributed by atoms with van der Waals surface area (Å²) in [7, 11) is 0. The van der Waals surface area contributed by atoms with Crippen LogP contribution in [0.4, 0.5) is 14.4 Å². The molecule has 0 aromatic heterocycles. The molecule has 0 aliphatic heterocycles. The van der Waals surface area contributed by atoms with E-state index in [9.17, 15) is 14.4 Å². The maximum Gasteiger partial charge on any atom is 0.437 e. The standard InChI is InChI=1S/C22H41N3O6/c1-15(2)13-12-14-25(19(28)31-22(9,10)11)16(23-17(26)29-20(3,4)5)24-18(27)30-21(6,7)8/h15H,12-14H2,1-11H3,(H,23,24,26,27). The largest absolute Gasteiger partial charge is 0.444 e. The summed E-state index contributed by atoms with van der Waals surface area (Å²) in [5.74, 6) is 0.104. The van der Waals surface area contributed by atoms with Crippen molar-refractivity contribution in [3.8, 4) is 0 Å². The number of amides is 3. The van der Waals surface area contributed by atoms with Gasteiger partial charge in [0, 0.05) is 6.54 Å². The molecule has 0 heterocycles. The third-order valence-electron chi connectivity index (χ3n) is 3.24. The van der Waals surface area contributed by atoms with Crippen molar-refractivity contribution >= 4 is 24.2 Å². The summed E-state index contributed by atoms with van der Waals surface area (Å²) >= 11 is 0. The molecule has 0 fully saturated rings. The molecular weight excluding hydrogens is 402 g/mol. The molecular formula is C22H41N3O6. The third kappa shape index (κ3) is 15.2. The average molecular weight is 444 g/mol. The molecule has 31 heavy (non-hydrogen) atoms. The van der Waals surface area contributed by atoms with Crippen molar-refractivity contribution in [3.05, 3.63) is 0 Å². The van der Waals surface area contributed by atoms with E-state index in [-0.39, 0.29) is 12.5 Å². The maximum absolute atomic E-state index is 12.9. The number of hydrogen-bond donors (Lipinski definition) is 1. The normalized spacial score (nSPS) is 13.0. The highest BCUT2D eigenvalue weighted by molar-refractivity contribution is 6.04. The van der Waals surface area contributed by atoms with Crippen LogP contribution in [0, 0.1) is 5.92 Å². The van der Waals surface area contributed by atoms with E-state index in [2.05, 4.69) is 24.2 Å². The highest BCUT2D eigenvalue weighted by atomic mass is 16.6. The Labute approximate surface area is 186 Å². The number of rotatable bonds is 4. The van der Waals surface area contributed by atoms with E-state index in [1.807, 2.05) is 0 Å². The molecule has 9 heteroatoms. The van der Waals surface area contributed by atoms with Crippen LogP contribution in [0.1, 0.15) is 89.0 Å². The van der Waals surface area contributed by atoms with Crippen LogP contribution in [0.15, 0.2) is 4.99 Å². The molecule has 0 unspecified atom stereocenters. The molecule has 1 N–H and O–H groups in total. The van der Waals surface area contributed by atoms with Crippen molar-refractivity contribution in [2.24, 2.45) is 10.9 Å². The first-order valence-electron chi connectivity index (χ1n) is 10.6. The number of alkyl carbamates (subject to hydrolysis) is 1. The van der Waals surface area contributed by atoms with Gasteiger partial charge in [-0.15, -0.1) is 4.99 Å². The SMILES string of the molecule is CC(C)CCCN(C(=O)OC(C)(C)C)/C(=N/C(=O)OC(C)(C)C)NC(=O)OC(C)(C)C. The summed E-state index contributed by atoms with van der Waals surface area (Å²) in [4.78, 5) is 42.6. The van der Waals surface area contributed by atoms with Crippen LogP contribution in [0.3, 0.4) is 0 Å². The van der Waals surface area contributed by atoms with Gasteiger partial charge < -0.3 is 14.2 Å². The molecule has 180 valence electrons. The van der Waals surface area contributed by atoms with E-state index in [0.29, 0.717) is 12.3 Å². The molecule has 0 bridgehead atoms. The van der Waals surface area contributed by atoms with Crippen LogP contribution in [-0.2, 0) is 14.2 Å². The Morgan fingerprint density at radius 2 is 1.32 bits per heavy atom. The zero-order valence-corrected chi connectivity index (χ0v) is 21.0. The minimum Gasteiger partial charge on any atom is -0.444 e. The minimum absolute atomic E-state index is 0.185. The van der Waals surface area contributed by atoms with Crippen LogP contribution in [0.5, 0.6) is 0 Å². The number of carbonyl (C=O) groups is 3. The fourth-order valence-corrected chi connectivity index (χ4v) is 2.18. The topological polar surface area (TPSA) is 107 Å². The van der Waals surface area contributed by atoms with Crippen LogP contribution in [0.2, 0.25) is 0 Å². The maximum atomic E-state index is 12.9. The van der Waals surface area contributed by atoms with Gasteiger partial charge in [0.25, 0.3) is 0 Å². The fraction of sp³-hybridized carbons (Fsp3) is 0.818. The molecule has 0 saturated heterocycles. The zero-order chi connectivity index (χ0) is 24.6. The first-order valence-corrected chi connectivity index (χ1v) is 10.6. The second kappa shape index (κ2) is 11.3. The summed E-state index contributed by atoms with van der Waals surface area (Å²) in [6, 6.07) is 0. The van der Waals surface area contributed by atoms with Crippen molar-refractivity contribution in [3.63, 3.8) is 0 Å². The van der Waals surface area contributed by atoms with Crippen LogP contribution in [0.25, 0.3) is 0 Å². The van der Waals surface area contributed by atoms with Crippen molar-refractivity contribution < 1.29 is 28.6 Å². The Morgan fingerprint density at radius 1 is 0.839 bits per heavy atom. The molecule has 0 radical (unpaired) electrons. The van der Waals surface area contributed by atoms with Crippen molar-refractivity contribution in [1.82, 2.24) is 10.2 Å². The molecule has 0 aromatic rings. The van der Waals surface area contributed by atoms with Crippen LogP contribution >= 0.6 is 0 Å². The lowest BCUT2D eigenvalue weighted by atomic mass is 10.1. The molecule has 0 aliphatic carbocycles. The number of carbonyl (C=O) groups excluding carboxylic acids is 3. The molecule has 0 saturated carbocycles. The van der Waals surface area contributed by atoms with E-state index < -0.39 is 35.1 Å². The van der Waals surface area contributed by atoms with Gasteiger partial charge in [0.2, 0.25) is 5.96 Å². The molecule has 0 rings (SSSR count). The van der Waals surface area contributed by atoms with E-state index in [0.717, 1.165) is 11.3 Å². The van der Waals surface area contributed by atoms with Gasteiger partial charge in [-0.25, -0.2) is 19.3 Å². The summed E-state index contributed by atoms with van der Waals surface area (Å²) in [6.45, 7) is 19.7. The second-order valence-corrected chi connectivity index (χ2v) is 10.7. The van der Waals surface area contributed by atoms with E-state index in [1.54, 1.807) is 62.3 Å². The van der Waals surface area contributed by atoms with Gasteiger partial charge in [-0.05, 0) is 81.1 Å². The highest BCUT2D eigenvalue weighted by Crippen LogP contribution is 2.14. The van der Waals surface area contributed by atoms with Gasteiger partial charge in [0.15, 0.2) is 0 Å². The Bertz CT molecular complexity index is 652. The predicted molar refractivity (Wildman–Crippen MR) is 120 cm³/mol. The summed E-state index contributed by atoms with van der Waals surface area (Å²) < 4.78 is 16.0. The first-order chi connectivity index (χ1) is 13.8. The lowest BCUT2D eigenvalue weighted by molar-refractivity contribution is 0.0354. The Balaban J connectivity index is 5.98. The minimum atomic E-state index is -0.948. The number of hydrogen-bond acceptors (Lipinski definition) is 6. The quantitative estimate of drug-likeness (QED) is 0.350. The monoisotopic (exact) mass is 443 g/mol. The van der Waals surface area contributed by atoms with Crippen LogP contribution < -0.4 is 5.32 Å². The van der Waals surface area contributed by atoms with Gasteiger partial charge in [-0.2, -0.15) is 0 Å². The number of nitrogens with zero attached hydrogens (tertiary/aromatic N) is 2. The lowest BCUT2D eigenvalue weighted by Gasteiger charge is -2.29. The van der Waals surface area contributed by atoms with E-state index in [4.69, 9.17) is 14.2 Å². The van der Waals surface area contributed by atoms with Gasteiger partial charge in [-0.3, -0.25) is 5.32 Å². The smallest absolute Gasteiger partial charge is 0.437 e. The van der Waals surface area contributed by atoms with Gasteiger partial charge in [-0.1, -0.05) is 13.8 Å². The molecule has 9 nitrogen and oxygen atoms in total. The van der Waals surface area contributed by atoms with Crippen molar-refractivity contribution in [1.29, 1.82) is 0 Å². The second-order valence-electron chi connectivity index (χ2n) is 10.7. The molecule has 0 aliphatic rings. The number of guanidine groups is 1. The average Bonchev–Trinajstić information content (AvgIpc) is 2.44. The molecule has 3 amide bonds. The number of ether oxygens (including phenoxy) is 3. The molecule has 0 atom stereocenters. The van der Waals surface area contributed by atoms with Crippen molar-refractivity contribution in [2.45, 2.75) is 106 Å². The lowest BCUT2D eigenvalue weighted by Crippen LogP contribution is -2.50.